The Labute approximate surface area is 135 Å². The molecule has 0 bridgehead atoms. The zero-order chi connectivity index (χ0) is 16.9. The van der Waals surface area contributed by atoms with E-state index in [-0.39, 0.29) is 5.92 Å². The van der Waals surface area contributed by atoms with Crippen molar-refractivity contribution in [3.63, 3.8) is 0 Å². The maximum Gasteiger partial charge on any atom is 0.326 e. The van der Waals surface area contributed by atoms with Crippen LogP contribution in [0.4, 0.5) is 4.79 Å². The zero-order valence-corrected chi connectivity index (χ0v) is 14.6. The summed E-state index contributed by atoms with van der Waals surface area (Å²) >= 11 is 1.58. The molecule has 0 saturated carbocycles. The molecule has 0 fully saturated rings. The van der Waals surface area contributed by atoms with Crippen LogP contribution in [0, 0.1) is 5.92 Å². The molecule has 1 aromatic rings. The molecule has 2 N–H and O–H groups in total. The number of urea groups is 1. The summed E-state index contributed by atoms with van der Waals surface area (Å²) in [6.45, 7) is 8.22. The quantitative estimate of drug-likeness (QED) is 0.806. The molecule has 0 aliphatic carbocycles. The number of aliphatic carboxylic acids is 1. The van der Waals surface area contributed by atoms with Crippen LogP contribution in [-0.2, 0) is 11.3 Å². The number of nitrogens with zero attached hydrogens (tertiary/aromatic N) is 2. The third-order valence-corrected chi connectivity index (χ3v) is 4.76. The molecule has 0 aliphatic heterocycles. The van der Waals surface area contributed by atoms with E-state index in [0.717, 1.165) is 10.7 Å². The Kier molecular flexibility index (Phi) is 6.80. The van der Waals surface area contributed by atoms with Gasteiger partial charge in [-0.15, -0.1) is 11.3 Å². The Balaban J connectivity index is 2.65. The maximum atomic E-state index is 12.2. The number of nitrogens with one attached hydrogen (secondary N) is 1. The largest absolute Gasteiger partial charge is 0.480 e. The maximum absolute atomic E-state index is 12.2. The van der Waals surface area contributed by atoms with Crippen molar-refractivity contribution in [2.24, 2.45) is 5.92 Å². The molecule has 1 heterocycles. The summed E-state index contributed by atoms with van der Waals surface area (Å²) in [4.78, 5) is 29.3. The minimum absolute atomic E-state index is 0.123. The summed E-state index contributed by atoms with van der Waals surface area (Å²) in [5.41, 5.74) is 0.821. The fourth-order valence-corrected chi connectivity index (χ4v) is 2.73. The molecule has 0 aromatic carbocycles. The molecule has 2 amide bonds. The zero-order valence-electron chi connectivity index (χ0n) is 13.8. The Morgan fingerprint density at radius 3 is 2.50 bits per heavy atom. The second-order valence-corrected chi connectivity index (χ2v) is 6.73. The summed E-state index contributed by atoms with van der Waals surface area (Å²) in [5.74, 6) is -0.770. The molecule has 0 radical (unpaired) electrons. The lowest BCUT2D eigenvalue weighted by molar-refractivity contribution is -0.140. The second-order valence-electron chi connectivity index (χ2n) is 5.84. The van der Waals surface area contributed by atoms with Crippen LogP contribution >= 0.6 is 11.3 Å². The van der Waals surface area contributed by atoms with Crippen molar-refractivity contribution in [3.05, 3.63) is 16.1 Å². The van der Waals surface area contributed by atoms with Gasteiger partial charge in [0.1, 0.15) is 6.04 Å². The average Bonchev–Trinajstić information content (AvgIpc) is 2.91. The Morgan fingerprint density at radius 1 is 1.41 bits per heavy atom. The predicted molar refractivity (Wildman–Crippen MR) is 87.1 cm³/mol. The Hall–Kier alpha value is -1.63. The molecule has 1 rings (SSSR count). The highest BCUT2D eigenvalue weighted by molar-refractivity contribution is 7.09. The van der Waals surface area contributed by atoms with Crippen molar-refractivity contribution in [2.45, 2.75) is 52.6 Å². The van der Waals surface area contributed by atoms with Crippen LogP contribution in [0.15, 0.2) is 5.38 Å². The fourth-order valence-electron chi connectivity index (χ4n) is 1.90. The van der Waals surface area contributed by atoms with Crippen LogP contribution in [0.2, 0.25) is 0 Å². The van der Waals surface area contributed by atoms with E-state index in [0.29, 0.717) is 18.9 Å². The van der Waals surface area contributed by atoms with Gasteiger partial charge in [-0.1, -0.05) is 34.1 Å². The summed E-state index contributed by atoms with van der Waals surface area (Å²) < 4.78 is 0. The SMILES string of the molecule is CCC(C)[C@H](NC(=O)N(C)Cc1csc(C(C)C)n1)C(=O)O. The van der Waals surface area contributed by atoms with Gasteiger partial charge in [0.05, 0.1) is 17.2 Å². The number of carbonyl (C=O) groups is 2. The van der Waals surface area contributed by atoms with Gasteiger partial charge >= 0.3 is 12.0 Å². The highest BCUT2D eigenvalue weighted by Gasteiger charge is 2.26. The molecular weight excluding hydrogens is 302 g/mol. The van der Waals surface area contributed by atoms with Crippen molar-refractivity contribution in [3.8, 4) is 0 Å². The van der Waals surface area contributed by atoms with Gasteiger partial charge in [0.2, 0.25) is 0 Å². The van der Waals surface area contributed by atoms with Gasteiger partial charge in [-0.3, -0.25) is 0 Å². The van der Waals surface area contributed by atoms with Crippen LogP contribution in [-0.4, -0.2) is 40.1 Å². The van der Waals surface area contributed by atoms with E-state index in [4.69, 9.17) is 0 Å². The van der Waals surface area contributed by atoms with Crippen LogP contribution in [0.5, 0.6) is 0 Å². The van der Waals surface area contributed by atoms with Crippen molar-refractivity contribution in [1.29, 1.82) is 0 Å². The molecule has 2 atom stereocenters. The monoisotopic (exact) mass is 327 g/mol. The number of carbonyl (C=O) groups excluding carboxylic acids is 1. The average molecular weight is 327 g/mol. The van der Waals surface area contributed by atoms with E-state index in [9.17, 15) is 14.7 Å². The van der Waals surface area contributed by atoms with Gasteiger partial charge in [-0.25, -0.2) is 14.6 Å². The normalized spacial score (nSPS) is 13.7. The van der Waals surface area contributed by atoms with E-state index >= 15 is 0 Å². The van der Waals surface area contributed by atoms with Crippen LogP contribution in [0.25, 0.3) is 0 Å². The topological polar surface area (TPSA) is 82.5 Å². The van der Waals surface area contributed by atoms with Gasteiger partial charge in [0.25, 0.3) is 0 Å². The van der Waals surface area contributed by atoms with Crippen LogP contribution < -0.4 is 5.32 Å². The van der Waals surface area contributed by atoms with Gasteiger partial charge < -0.3 is 15.3 Å². The standard InChI is InChI=1S/C15H25N3O3S/c1-6-10(4)12(14(19)20)17-15(21)18(5)7-11-8-22-13(16-11)9(2)3/h8-10,12H,6-7H2,1-5H3,(H,17,21)(H,19,20)/t10?,12-/m0/s1. The smallest absolute Gasteiger partial charge is 0.326 e. The predicted octanol–water partition coefficient (Wildman–Crippen LogP) is 2.91. The lowest BCUT2D eigenvalue weighted by atomic mass is 9.99. The first-order chi connectivity index (χ1) is 10.3. The van der Waals surface area contributed by atoms with Gasteiger partial charge in [-0.2, -0.15) is 0 Å². The number of amides is 2. The number of carboxylic acid groups (broad SMARTS) is 1. The number of hydrogen-bond donors (Lipinski definition) is 2. The van der Waals surface area contributed by atoms with Crippen LogP contribution in [0.3, 0.4) is 0 Å². The van der Waals surface area contributed by atoms with Crippen molar-refractivity contribution in [2.75, 3.05) is 7.05 Å². The first-order valence-corrected chi connectivity index (χ1v) is 8.32. The Morgan fingerprint density at radius 2 is 2.05 bits per heavy atom. The lowest BCUT2D eigenvalue weighted by Gasteiger charge is -2.24. The molecule has 1 aromatic heterocycles. The summed E-state index contributed by atoms with van der Waals surface area (Å²) in [6, 6.07) is -1.27. The third kappa shape index (κ3) is 4.98. The molecule has 6 nitrogen and oxygen atoms in total. The van der Waals surface area contributed by atoms with Gasteiger partial charge in [0, 0.05) is 18.3 Å². The highest BCUT2D eigenvalue weighted by Crippen LogP contribution is 2.19. The second kappa shape index (κ2) is 8.12. The number of hydrogen-bond acceptors (Lipinski definition) is 4. The lowest BCUT2D eigenvalue weighted by Crippen LogP contribution is -2.49. The minimum atomic E-state index is -1.01. The van der Waals surface area contributed by atoms with E-state index < -0.39 is 18.0 Å². The number of aromatic nitrogens is 1. The van der Waals surface area contributed by atoms with E-state index in [1.54, 1.807) is 18.4 Å². The van der Waals surface area contributed by atoms with E-state index in [1.807, 2.05) is 19.2 Å². The molecule has 0 saturated heterocycles. The molecule has 1 unspecified atom stereocenters. The molecule has 7 heteroatoms. The van der Waals surface area contributed by atoms with Gasteiger partial charge in [-0.05, 0) is 5.92 Å². The van der Waals surface area contributed by atoms with Crippen molar-refractivity contribution >= 4 is 23.3 Å². The van der Waals surface area contributed by atoms with Crippen molar-refractivity contribution in [1.82, 2.24) is 15.2 Å². The molecule has 0 spiro atoms. The molecular formula is C15H25N3O3S. The fraction of sp³-hybridized carbons (Fsp3) is 0.667. The summed E-state index contributed by atoms with van der Waals surface area (Å²) in [6.07, 6.45) is 0.685. The summed E-state index contributed by atoms with van der Waals surface area (Å²) in [7, 11) is 1.64. The number of carboxylic acids is 1. The van der Waals surface area contributed by atoms with E-state index in [1.165, 1.54) is 4.90 Å². The van der Waals surface area contributed by atoms with Crippen molar-refractivity contribution < 1.29 is 14.7 Å². The molecule has 0 aliphatic rings. The third-order valence-electron chi connectivity index (χ3n) is 3.57. The number of thiazole rings is 1. The summed E-state index contributed by atoms with van der Waals surface area (Å²) in [5, 5.41) is 14.8. The van der Waals surface area contributed by atoms with E-state index in [2.05, 4.69) is 24.1 Å². The highest BCUT2D eigenvalue weighted by atomic mass is 32.1. The van der Waals surface area contributed by atoms with Crippen LogP contribution in [0.1, 0.15) is 50.7 Å². The first kappa shape index (κ1) is 18.4. The minimum Gasteiger partial charge on any atom is -0.480 e. The number of rotatable bonds is 7. The Bertz CT molecular complexity index is 516. The first-order valence-electron chi connectivity index (χ1n) is 7.44. The molecule has 22 heavy (non-hydrogen) atoms. The van der Waals surface area contributed by atoms with Gasteiger partial charge in [0.15, 0.2) is 0 Å². The molecule has 124 valence electrons.